The number of nitrogens with zero attached hydrogens (tertiary/aromatic N) is 2. The molecule has 1 saturated carbocycles. The van der Waals surface area contributed by atoms with Crippen LogP contribution < -0.4 is 16.0 Å². The molecule has 0 aromatic heterocycles. The smallest absolute Gasteiger partial charge is 0.251 e. The van der Waals surface area contributed by atoms with Gasteiger partial charge in [0.15, 0.2) is 5.96 Å². The summed E-state index contributed by atoms with van der Waals surface area (Å²) >= 11 is 0. The molecule has 0 unspecified atom stereocenters. The summed E-state index contributed by atoms with van der Waals surface area (Å²) in [6.45, 7) is 6.07. The molecule has 1 aromatic carbocycles. The van der Waals surface area contributed by atoms with E-state index in [2.05, 4.69) is 33.8 Å². The number of amides is 1. The zero-order valence-corrected chi connectivity index (χ0v) is 21.5. The Labute approximate surface area is 205 Å². The molecular weight excluding hydrogens is 501 g/mol. The van der Waals surface area contributed by atoms with Crippen LogP contribution >= 0.6 is 24.0 Å². The summed E-state index contributed by atoms with van der Waals surface area (Å²) in [5.41, 5.74) is 1.84. The van der Waals surface area contributed by atoms with E-state index in [0.717, 1.165) is 30.5 Å². The minimum atomic E-state index is -0.0464. The summed E-state index contributed by atoms with van der Waals surface area (Å²) in [7, 11) is 1.66. The van der Waals surface area contributed by atoms with Gasteiger partial charge in [-0.3, -0.25) is 9.79 Å². The highest BCUT2D eigenvalue weighted by molar-refractivity contribution is 14.0. The summed E-state index contributed by atoms with van der Waals surface area (Å²) in [6.07, 6.45) is 10.2. The van der Waals surface area contributed by atoms with E-state index in [4.69, 9.17) is 4.99 Å². The van der Waals surface area contributed by atoms with E-state index < -0.39 is 0 Å². The molecule has 0 spiro atoms. The lowest BCUT2D eigenvalue weighted by molar-refractivity contribution is 0.0963. The Morgan fingerprint density at radius 3 is 2.55 bits per heavy atom. The standard InChI is InChI=1S/C24H39N5O.HI/c1-3-26-24(27-15-12-19-8-7-9-20(18-19)23(30)25-2)28-21-13-16-29(17-14-21)22-10-5-4-6-11-22;/h7-9,18,21-22H,3-6,10-17H2,1-2H3,(H,25,30)(H2,26,27,28);1H. The van der Waals surface area contributed by atoms with Gasteiger partial charge in [-0.1, -0.05) is 31.4 Å². The number of aliphatic imine (C=N–C) groups is 1. The maximum Gasteiger partial charge on any atom is 0.251 e. The fourth-order valence-electron chi connectivity index (χ4n) is 4.68. The average Bonchev–Trinajstić information content (AvgIpc) is 2.80. The number of carbonyl (C=O) groups is 1. The largest absolute Gasteiger partial charge is 0.357 e. The second-order valence-electron chi connectivity index (χ2n) is 8.54. The normalized spacial score (nSPS) is 18.8. The van der Waals surface area contributed by atoms with Gasteiger partial charge in [0.2, 0.25) is 0 Å². The van der Waals surface area contributed by atoms with E-state index in [-0.39, 0.29) is 29.9 Å². The third-order valence-corrected chi connectivity index (χ3v) is 6.39. The second-order valence-corrected chi connectivity index (χ2v) is 8.54. The summed E-state index contributed by atoms with van der Waals surface area (Å²) < 4.78 is 0. The zero-order chi connectivity index (χ0) is 21.2. The van der Waals surface area contributed by atoms with Gasteiger partial charge < -0.3 is 20.9 Å². The minimum absolute atomic E-state index is 0. The van der Waals surface area contributed by atoms with E-state index in [1.54, 1.807) is 7.05 Å². The predicted octanol–water partition coefficient (Wildman–Crippen LogP) is 3.56. The lowest BCUT2D eigenvalue weighted by Gasteiger charge is -2.39. The topological polar surface area (TPSA) is 68.8 Å². The molecule has 3 N–H and O–H groups in total. The quantitative estimate of drug-likeness (QED) is 0.281. The molecule has 31 heavy (non-hydrogen) atoms. The van der Waals surface area contributed by atoms with Crippen molar-refractivity contribution >= 4 is 35.8 Å². The molecule has 1 aliphatic heterocycles. The second kappa shape index (κ2) is 13.9. The number of halogens is 1. The first-order valence-corrected chi connectivity index (χ1v) is 11.8. The van der Waals surface area contributed by atoms with Crippen molar-refractivity contribution in [2.24, 2.45) is 4.99 Å². The number of nitrogens with one attached hydrogen (secondary N) is 3. The molecular formula is C24H40IN5O. The first-order chi connectivity index (χ1) is 14.7. The monoisotopic (exact) mass is 541 g/mol. The Kier molecular flexibility index (Phi) is 11.6. The van der Waals surface area contributed by atoms with Crippen molar-refractivity contribution < 1.29 is 4.79 Å². The molecule has 0 radical (unpaired) electrons. The van der Waals surface area contributed by atoms with Gasteiger partial charge in [0, 0.05) is 50.9 Å². The zero-order valence-electron chi connectivity index (χ0n) is 19.2. The van der Waals surface area contributed by atoms with E-state index in [0.29, 0.717) is 18.2 Å². The number of guanidine groups is 1. The number of benzene rings is 1. The fourth-order valence-corrected chi connectivity index (χ4v) is 4.68. The van der Waals surface area contributed by atoms with Crippen LogP contribution in [0.25, 0.3) is 0 Å². The molecule has 174 valence electrons. The molecule has 2 aliphatic rings. The van der Waals surface area contributed by atoms with Crippen molar-refractivity contribution in [3.63, 3.8) is 0 Å². The van der Waals surface area contributed by atoms with Gasteiger partial charge in [-0.05, 0) is 56.7 Å². The molecule has 1 amide bonds. The SMILES string of the molecule is CCNC(=NCCc1cccc(C(=O)NC)c1)NC1CCN(C2CCCCC2)CC1.I. The van der Waals surface area contributed by atoms with Crippen LogP contribution in [0.15, 0.2) is 29.3 Å². The van der Waals surface area contributed by atoms with Crippen LogP contribution in [-0.4, -0.2) is 62.1 Å². The molecule has 0 bridgehead atoms. The van der Waals surface area contributed by atoms with Gasteiger partial charge >= 0.3 is 0 Å². The number of carbonyl (C=O) groups excluding carboxylic acids is 1. The van der Waals surface area contributed by atoms with Crippen LogP contribution in [0.1, 0.15) is 67.8 Å². The van der Waals surface area contributed by atoms with Crippen LogP contribution in [-0.2, 0) is 6.42 Å². The highest BCUT2D eigenvalue weighted by atomic mass is 127. The van der Waals surface area contributed by atoms with Gasteiger partial charge in [-0.2, -0.15) is 0 Å². The maximum absolute atomic E-state index is 11.8. The number of likely N-dealkylation sites (tertiary alicyclic amines) is 1. The molecule has 1 heterocycles. The minimum Gasteiger partial charge on any atom is -0.357 e. The van der Waals surface area contributed by atoms with Gasteiger partial charge in [0.05, 0.1) is 0 Å². The molecule has 1 saturated heterocycles. The van der Waals surface area contributed by atoms with Crippen LogP contribution in [0.3, 0.4) is 0 Å². The van der Waals surface area contributed by atoms with Crippen molar-refractivity contribution in [2.75, 3.05) is 33.2 Å². The summed E-state index contributed by atoms with van der Waals surface area (Å²) in [6, 6.07) is 9.12. The number of piperidine rings is 1. The van der Waals surface area contributed by atoms with Gasteiger partial charge in [0.1, 0.15) is 0 Å². The Bertz CT molecular complexity index is 697. The van der Waals surface area contributed by atoms with E-state index in [1.807, 2.05) is 18.2 Å². The van der Waals surface area contributed by atoms with Crippen molar-refractivity contribution in [3.8, 4) is 0 Å². The lowest BCUT2D eigenvalue weighted by atomic mass is 9.92. The van der Waals surface area contributed by atoms with Crippen LogP contribution in [0.4, 0.5) is 0 Å². The molecule has 2 fully saturated rings. The summed E-state index contributed by atoms with van der Waals surface area (Å²) in [5, 5.41) is 9.72. The fraction of sp³-hybridized carbons (Fsp3) is 0.667. The molecule has 0 atom stereocenters. The van der Waals surface area contributed by atoms with Crippen LogP contribution in [0.2, 0.25) is 0 Å². The van der Waals surface area contributed by atoms with Crippen molar-refractivity contribution in [1.29, 1.82) is 0 Å². The van der Waals surface area contributed by atoms with E-state index in [9.17, 15) is 4.79 Å². The first kappa shape index (κ1) is 25.9. The molecule has 7 heteroatoms. The maximum atomic E-state index is 11.8. The van der Waals surface area contributed by atoms with Crippen LogP contribution in [0.5, 0.6) is 0 Å². The Morgan fingerprint density at radius 1 is 1.13 bits per heavy atom. The van der Waals surface area contributed by atoms with Gasteiger partial charge in [-0.25, -0.2) is 0 Å². The summed E-state index contributed by atoms with van der Waals surface area (Å²) in [4.78, 5) is 19.3. The van der Waals surface area contributed by atoms with Gasteiger partial charge in [0.25, 0.3) is 5.91 Å². The first-order valence-electron chi connectivity index (χ1n) is 11.8. The Morgan fingerprint density at radius 2 is 1.87 bits per heavy atom. The molecule has 1 aromatic rings. The molecule has 3 rings (SSSR count). The third-order valence-electron chi connectivity index (χ3n) is 6.39. The number of rotatable bonds is 7. The van der Waals surface area contributed by atoms with Crippen molar-refractivity contribution in [3.05, 3.63) is 35.4 Å². The van der Waals surface area contributed by atoms with E-state index >= 15 is 0 Å². The number of hydrogen-bond donors (Lipinski definition) is 3. The van der Waals surface area contributed by atoms with Crippen molar-refractivity contribution in [1.82, 2.24) is 20.9 Å². The Hall–Kier alpha value is -1.35. The third kappa shape index (κ3) is 8.25. The highest BCUT2D eigenvalue weighted by Gasteiger charge is 2.26. The average molecular weight is 542 g/mol. The molecule has 6 nitrogen and oxygen atoms in total. The predicted molar refractivity (Wildman–Crippen MR) is 140 cm³/mol. The number of hydrogen-bond acceptors (Lipinski definition) is 3. The van der Waals surface area contributed by atoms with Crippen LogP contribution in [0, 0.1) is 0 Å². The Balaban J connectivity index is 0.00000341. The van der Waals surface area contributed by atoms with Crippen molar-refractivity contribution in [2.45, 2.75) is 70.4 Å². The lowest BCUT2D eigenvalue weighted by Crippen LogP contribution is -2.51. The van der Waals surface area contributed by atoms with Gasteiger partial charge in [-0.15, -0.1) is 24.0 Å². The summed E-state index contributed by atoms with van der Waals surface area (Å²) in [5.74, 6) is 0.867. The molecule has 1 aliphatic carbocycles. The van der Waals surface area contributed by atoms with E-state index in [1.165, 1.54) is 58.0 Å². The highest BCUT2D eigenvalue weighted by Crippen LogP contribution is 2.25.